The zero-order valence-electron chi connectivity index (χ0n) is 15.6. The molecule has 3 aromatic rings. The van der Waals surface area contributed by atoms with Crippen LogP contribution in [0.25, 0.3) is 5.78 Å². The summed E-state index contributed by atoms with van der Waals surface area (Å²) in [6.45, 7) is 0.0836. The molecule has 0 radical (unpaired) electrons. The molecule has 1 aliphatic heterocycles. The quantitative estimate of drug-likeness (QED) is 0.676. The average molecular weight is 393 g/mol. The number of fused-ring (bicyclic) bond motifs is 2. The molecule has 9 heteroatoms. The second kappa shape index (κ2) is 6.84. The zero-order chi connectivity index (χ0) is 20.0. The Balaban J connectivity index is 1.51. The molecule has 1 saturated carbocycles. The Hall–Kier alpha value is -3.49. The van der Waals surface area contributed by atoms with E-state index in [1.165, 1.54) is 10.6 Å². The highest BCUT2D eigenvalue weighted by Gasteiger charge is 2.49. The maximum Gasteiger partial charge on any atom is 0.254 e. The summed E-state index contributed by atoms with van der Waals surface area (Å²) in [5, 5.41) is 4.36. The summed E-state index contributed by atoms with van der Waals surface area (Å²) in [6.07, 6.45) is 3.27. The maximum atomic E-state index is 12.9. The summed E-state index contributed by atoms with van der Waals surface area (Å²) >= 11 is 0. The molecule has 5 rings (SSSR count). The summed E-state index contributed by atoms with van der Waals surface area (Å²) in [7, 11) is 0. The number of carbonyl (C=O) groups excluding carboxylic acids is 2. The number of carbonyl (C=O) groups is 2. The third-order valence-corrected chi connectivity index (χ3v) is 5.54. The SMILES string of the molecule is O=C1C2CCCCC2C(=O)N1c1cc(=O)[nH]c2nc(COc3ccccc3)nn12. The summed E-state index contributed by atoms with van der Waals surface area (Å²) in [6, 6.07) is 10.4. The Labute approximate surface area is 165 Å². The van der Waals surface area contributed by atoms with Crippen LogP contribution in [0.1, 0.15) is 31.5 Å². The molecule has 1 aliphatic carbocycles. The fourth-order valence-electron chi connectivity index (χ4n) is 4.19. The largest absolute Gasteiger partial charge is 0.486 e. The lowest BCUT2D eigenvalue weighted by Crippen LogP contribution is -2.34. The van der Waals surface area contributed by atoms with E-state index in [1.807, 2.05) is 30.3 Å². The van der Waals surface area contributed by atoms with Crippen LogP contribution >= 0.6 is 0 Å². The van der Waals surface area contributed by atoms with Gasteiger partial charge in [0, 0.05) is 6.07 Å². The number of aromatic nitrogens is 4. The van der Waals surface area contributed by atoms with Crippen LogP contribution < -0.4 is 15.2 Å². The van der Waals surface area contributed by atoms with Gasteiger partial charge in [0.05, 0.1) is 11.8 Å². The van der Waals surface area contributed by atoms with Crippen LogP contribution in [-0.2, 0) is 16.2 Å². The van der Waals surface area contributed by atoms with Gasteiger partial charge in [0.1, 0.15) is 12.4 Å². The molecule has 2 aliphatic rings. The third-order valence-electron chi connectivity index (χ3n) is 5.54. The number of para-hydroxylation sites is 1. The first-order chi connectivity index (χ1) is 14.1. The molecule has 1 aromatic carbocycles. The molecule has 1 saturated heterocycles. The van der Waals surface area contributed by atoms with Crippen molar-refractivity contribution in [3.63, 3.8) is 0 Å². The molecule has 9 nitrogen and oxygen atoms in total. The van der Waals surface area contributed by atoms with E-state index in [4.69, 9.17) is 4.74 Å². The number of nitrogens with zero attached hydrogens (tertiary/aromatic N) is 4. The molecule has 0 spiro atoms. The number of hydrogen-bond donors (Lipinski definition) is 1. The predicted molar refractivity (Wildman–Crippen MR) is 102 cm³/mol. The third kappa shape index (κ3) is 2.98. The van der Waals surface area contributed by atoms with Crippen molar-refractivity contribution in [2.75, 3.05) is 4.90 Å². The number of imide groups is 1. The van der Waals surface area contributed by atoms with Crippen molar-refractivity contribution in [1.82, 2.24) is 19.6 Å². The van der Waals surface area contributed by atoms with Gasteiger partial charge in [0.15, 0.2) is 11.6 Å². The zero-order valence-corrected chi connectivity index (χ0v) is 15.6. The number of benzene rings is 1. The normalized spacial score (nSPS) is 21.6. The van der Waals surface area contributed by atoms with E-state index in [1.54, 1.807) is 0 Å². The Morgan fingerprint density at radius 1 is 1.03 bits per heavy atom. The van der Waals surface area contributed by atoms with E-state index in [0.29, 0.717) is 24.4 Å². The number of hydrogen-bond acceptors (Lipinski definition) is 6. The summed E-state index contributed by atoms with van der Waals surface area (Å²) < 4.78 is 6.99. The minimum atomic E-state index is -0.453. The lowest BCUT2D eigenvalue weighted by molar-refractivity contribution is -0.122. The topological polar surface area (TPSA) is 110 Å². The molecule has 2 amide bonds. The van der Waals surface area contributed by atoms with Gasteiger partial charge < -0.3 is 4.74 Å². The van der Waals surface area contributed by atoms with Crippen LogP contribution in [0.15, 0.2) is 41.2 Å². The van der Waals surface area contributed by atoms with Crippen molar-refractivity contribution < 1.29 is 14.3 Å². The van der Waals surface area contributed by atoms with Crippen LogP contribution in [0.3, 0.4) is 0 Å². The molecule has 148 valence electrons. The van der Waals surface area contributed by atoms with Gasteiger partial charge in [-0.3, -0.25) is 19.4 Å². The number of nitrogens with one attached hydrogen (secondary N) is 1. The van der Waals surface area contributed by atoms with E-state index in [9.17, 15) is 14.4 Å². The Morgan fingerprint density at radius 2 is 1.72 bits per heavy atom. The lowest BCUT2D eigenvalue weighted by Gasteiger charge is -2.19. The first kappa shape index (κ1) is 17.6. The fraction of sp³-hybridized carbons (Fsp3) is 0.350. The number of ether oxygens (including phenoxy) is 1. The molecule has 2 unspecified atom stereocenters. The molecule has 1 N–H and O–H groups in total. The van der Waals surface area contributed by atoms with Crippen LogP contribution in [-0.4, -0.2) is 31.4 Å². The van der Waals surface area contributed by atoms with Crippen molar-refractivity contribution >= 4 is 23.4 Å². The van der Waals surface area contributed by atoms with Crippen molar-refractivity contribution in [1.29, 1.82) is 0 Å². The molecule has 0 bridgehead atoms. The minimum absolute atomic E-state index is 0.0836. The Bertz CT molecular complexity index is 1130. The smallest absolute Gasteiger partial charge is 0.254 e. The highest BCUT2D eigenvalue weighted by Crippen LogP contribution is 2.39. The first-order valence-corrected chi connectivity index (χ1v) is 9.66. The van der Waals surface area contributed by atoms with Gasteiger partial charge in [-0.1, -0.05) is 31.0 Å². The monoisotopic (exact) mass is 393 g/mol. The number of rotatable bonds is 4. The van der Waals surface area contributed by atoms with Gasteiger partial charge in [-0.15, -0.1) is 5.10 Å². The molecular weight excluding hydrogens is 374 g/mol. The van der Waals surface area contributed by atoms with Gasteiger partial charge in [0.2, 0.25) is 17.6 Å². The number of anilines is 1. The summed E-state index contributed by atoms with van der Waals surface area (Å²) in [5.74, 6) is 0.141. The standard InChI is InChI=1S/C20H19N5O4/c26-16-10-17(24-18(27)13-8-4-5-9-14(13)19(24)28)25-20(22-16)21-15(23-25)11-29-12-6-2-1-3-7-12/h1-3,6-7,10,13-14H,4-5,8-9,11H2,(H,21,22,23,26). The van der Waals surface area contributed by atoms with Crippen molar-refractivity contribution in [3.05, 3.63) is 52.6 Å². The van der Waals surface area contributed by atoms with Crippen molar-refractivity contribution in [2.24, 2.45) is 11.8 Å². The van der Waals surface area contributed by atoms with E-state index >= 15 is 0 Å². The van der Waals surface area contributed by atoms with Gasteiger partial charge in [-0.25, -0.2) is 4.90 Å². The molecule has 2 atom stereocenters. The van der Waals surface area contributed by atoms with E-state index in [-0.39, 0.29) is 41.9 Å². The number of H-pyrrole nitrogens is 1. The number of amides is 2. The fourth-order valence-corrected chi connectivity index (χ4v) is 4.19. The number of aromatic amines is 1. The first-order valence-electron chi connectivity index (χ1n) is 9.66. The molecule has 3 heterocycles. The maximum absolute atomic E-state index is 12.9. The summed E-state index contributed by atoms with van der Waals surface area (Å²) in [5.41, 5.74) is -0.453. The van der Waals surface area contributed by atoms with Crippen LogP contribution in [0.4, 0.5) is 5.82 Å². The second-order valence-electron chi connectivity index (χ2n) is 7.37. The van der Waals surface area contributed by atoms with Crippen LogP contribution in [0.2, 0.25) is 0 Å². The summed E-state index contributed by atoms with van der Waals surface area (Å²) in [4.78, 5) is 46.0. The van der Waals surface area contributed by atoms with Gasteiger partial charge >= 0.3 is 0 Å². The van der Waals surface area contributed by atoms with E-state index < -0.39 is 5.56 Å². The van der Waals surface area contributed by atoms with E-state index in [2.05, 4.69) is 15.1 Å². The molecule has 29 heavy (non-hydrogen) atoms. The molecule has 2 aromatic heterocycles. The van der Waals surface area contributed by atoms with Crippen LogP contribution in [0.5, 0.6) is 5.75 Å². The van der Waals surface area contributed by atoms with Gasteiger partial charge in [-0.2, -0.15) is 9.50 Å². The Kier molecular flexibility index (Phi) is 4.15. The Morgan fingerprint density at radius 3 is 2.41 bits per heavy atom. The average Bonchev–Trinajstić information content (AvgIpc) is 3.26. The highest BCUT2D eigenvalue weighted by molar-refractivity contribution is 6.21. The van der Waals surface area contributed by atoms with Crippen molar-refractivity contribution in [3.8, 4) is 5.75 Å². The molecule has 2 fully saturated rings. The van der Waals surface area contributed by atoms with Crippen LogP contribution in [0, 0.1) is 11.8 Å². The predicted octanol–water partition coefficient (Wildman–Crippen LogP) is 1.68. The van der Waals surface area contributed by atoms with Gasteiger partial charge in [0.25, 0.3) is 5.56 Å². The second-order valence-corrected chi connectivity index (χ2v) is 7.37. The van der Waals surface area contributed by atoms with Gasteiger partial charge in [-0.05, 0) is 25.0 Å². The lowest BCUT2D eigenvalue weighted by atomic mass is 9.81. The minimum Gasteiger partial charge on any atom is -0.486 e. The molecular formula is C20H19N5O4. The highest BCUT2D eigenvalue weighted by atomic mass is 16.5. The van der Waals surface area contributed by atoms with E-state index in [0.717, 1.165) is 17.7 Å². The van der Waals surface area contributed by atoms with Crippen molar-refractivity contribution in [2.45, 2.75) is 32.3 Å².